The molecule has 0 aromatic heterocycles. The van der Waals surface area contributed by atoms with E-state index in [0.29, 0.717) is 11.5 Å². The summed E-state index contributed by atoms with van der Waals surface area (Å²) in [5, 5.41) is 3.37. The number of hydrogen-bond acceptors (Lipinski definition) is 2. The predicted molar refractivity (Wildman–Crippen MR) is 59.8 cm³/mol. The average Bonchev–Trinajstić information content (AvgIpc) is 2.30. The Kier molecular flexibility index (Phi) is 3.02. The topological polar surface area (TPSA) is 55.1 Å². The molecule has 0 radical (unpaired) electrons. The van der Waals surface area contributed by atoms with E-state index < -0.39 is 0 Å². The van der Waals surface area contributed by atoms with Gasteiger partial charge in [0.1, 0.15) is 0 Å². The first kappa shape index (κ1) is 10.2. The highest BCUT2D eigenvalue weighted by molar-refractivity contribution is 5.92. The van der Waals surface area contributed by atoms with Gasteiger partial charge in [-0.25, -0.2) is 0 Å². The van der Waals surface area contributed by atoms with Gasteiger partial charge in [0.05, 0.1) is 0 Å². The zero-order valence-corrected chi connectivity index (χ0v) is 8.70. The molecule has 1 aliphatic rings. The van der Waals surface area contributed by atoms with Crippen molar-refractivity contribution in [2.45, 2.75) is 18.8 Å². The van der Waals surface area contributed by atoms with Crippen LogP contribution in [0.15, 0.2) is 24.3 Å². The minimum Gasteiger partial charge on any atom is -0.366 e. The number of primary amides is 1. The molecule has 2 rings (SSSR count). The maximum atomic E-state index is 11.0. The second-order valence-corrected chi connectivity index (χ2v) is 4.03. The third-order valence-corrected chi connectivity index (χ3v) is 2.94. The summed E-state index contributed by atoms with van der Waals surface area (Å²) in [5.74, 6) is 0.179. The first-order valence-corrected chi connectivity index (χ1v) is 5.38. The molecule has 1 heterocycles. The van der Waals surface area contributed by atoms with E-state index in [1.807, 2.05) is 12.1 Å². The lowest BCUT2D eigenvalue weighted by atomic mass is 9.91. The molecule has 0 unspecified atom stereocenters. The van der Waals surface area contributed by atoms with E-state index in [-0.39, 0.29) is 5.91 Å². The van der Waals surface area contributed by atoms with Crippen molar-refractivity contribution in [2.75, 3.05) is 13.1 Å². The first-order valence-electron chi connectivity index (χ1n) is 5.38. The Hall–Kier alpha value is -1.35. The normalized spacial score (nSPS) is 21.2. The Morgan fingerprint density at radius 2 is 2.33 bits per heavy atom. The lowest BCUT2D eigenvalue weighted by Gasteiger charge is -2.23. The van der Waals surface area contributed by atoms with Crippen molar-refractivity contribution < 1.29 is 4.79 Å². The van der Waals surface area contributed by atoms with Gasteiger partial charge in [0.2, 0.25) is 5.91 Å². The van der Waals surface area contributed by atoms with Crippen LogP contribution in [0.2, 0.25) is 0 Å². The number of nitrogens with two attached hydrogens (primary N) is 1. The minimum absolute atomic E-state index is 0.347. The number of piperidine rings is 1. The molecule has 3 N–H and O–H groups in total. The van der Waals surface area contributed by atoms with Crippen molar-refractivity contribution in [1.82, 2.24) is 5.32 Å². The molecule has 1 aromatic rings. The van der Waals surface area contributed by atoms with Crippen LogP contribution in [0.5, 0.6) is 0 Å². The zero-order valence-electron chi connectivity index (χ0n) is 8.70. The number of rotatable bonds is 2. The van der Waals surface area contributed by atoms with Crippen molar-refractivity contribution in [3.8, 4) is 0 Å². The van der Waals surface area contributed by atoms with E-state index >= 15 is 0 Å². The molecule has 1 aliphatic heterocycles. The molecule has 15 heavy (non-hydrogen) atoms. The molecule has 1 aromatic carbocycles. The summed E-state index contributed by atoms with van der Waals surface area (Å²) < 4.78 is 0. The number of nitrogens with one attached hydrogen (secondary N) is 1. The first-order chi connectivity index (χ1) is 7.27. The molecule has 0 saturated carbocycles. The standard InChI is InChI=1S/C12H16N2O/c13-12(15)10-4-1-3-9(7-10)11-5-2-6-14-8-11/h1,3-4,7,11,14H,2,5-6,8H2,(H2,13,15)/t11-/m0/s1. The number of hydrogen-bond donors (Lipinski definition) is 2. The van der Waals surface area contributed by atoms with Gasteiger partial charge in [-0.1, -0.05) is 12.1 Å². The Balaban J connectivity index is 2.19. The van der Waals surface area contributed by atoms with Gasteiger partial charge in [0.15, 0.2) is 0 Å². The molecule has 0 spiro atoms. The Morgan fingerprint density at radius 3 is 3.00 bits per heavy atom. The van der Waals surface area contributed by atoms with Crippen LogP contribution in [0.25, 0.3) is 0 Å². The van der Waals surface area contributed by atoms with Crippen LogP contribution >= 0.6 is 0 Å². The summed E-state index contributed by atoms with van der Waals surface area (Å²) in [5.41, 5.74) is 7.09. The number of carbonyl (C=O) groups is 1. The molecule has 1 atom stereocenters. The molecule has 3 heteroatoms. The van der Waals surface area contributed by atoms with Gasteiger partial charge in [0.25, 0.3) is 0 Å². The van der Waals surface area contributed by atoms with Crippen molar-refractivity contribution in [3.05, 3.63) is 35.4 Å². The Bertz CT molecular complexity index is 356. The summed E-state index contributed by atoms with van der Waals surface area (Å²) in [7, 11) is 0. The fraction of sp³-hybridized carbons (Fsp3) is 0.417. The molecule has 3 nitrogen and oxygen atoms in total. The van der Waals surface area contributed by atoms with Crippen LogP contribution in [0.1, 0.15) is 34.7 Å². The average molecular weight is 204 g/mol. The van der Waals surface area contributed by atoms with E-state index in [1.54, 1.807) is 6.07 Å². The largest absolute Gasteiger partial charge is 0.366 e. The summed E-state index contributed by atoms with van der Waals surface area (Å²) in [6.45, 7) is 2.11. The van der Waals surface area contributed by atoms with Gasteiger partial charge in [-0.2, -0.15) is 0 Å². The number of carbonyl (C=O) groups excluding carboxylic acids is 1. The highest BCUT2D eigenvalue weighted by Crippen LogP contribution is 2.23. The van der Waals surface area contributed by atoms with Crippen LogP contribution in [0.4, 0.5) is 0 Å². The monoisotopic (exact) mass is 204 g/mol. The fourth-order valence-corrected chi connectivity index (χ4v) is 2.08. The Morgan fingerprint density at radius 1 is 1.47 bits per heavy atom. The molecular formula is C12H16N2O. The highest BCUT2D eigenvalue weighted by atomic mass is 16.1. The third-order valence-electron chi connectivity index (χ3n) is 2.94. The Labute approximate surface area is 89.7 Å². The highest BCUT2D eigenvalue weighted by Gasteiger charge is 2.15. The van der Waals surface area contributed by atoms with E-state index in [4.69, 9.17) is 5.73 Å². The smallest absolute Gasteiger partial charge is 0.248 e. The molecule has 0 aliphatic carbocycles. The van der Waals surface area contributed by atoms with Gasteiger partial charge in [0, 0.05) is 12.1 Å². The van der Waals surface area contributed by atoms with Crippen LogP contribution in [0, 0.1) is 0 Å². The maximum absolute atomic E-state index is 11.0. The molecule has 1 saturated heterocycles. The van der Waals surface area contributed by atoms with Crippen LogP contribution in [0.3, 0.4) is 0 Å². The molecule has 80 valence electrons. The molecule has 1 amide bonds. The zero-order chi connectivity index (χ0) is 10.7. The second kappa shape index (κ2) is 4.45. The van der Waals surface area contributed by atoms with Crippen LogP contribution in [-0.2, 0) is 0 Å². The van der Waals surface area contributed by atoms with Crippen LogP contribution < -0.4 is 11.1 Å². The molecular weight excluding hydrogens is 188 g/mol. The van der Waals surface area contributed by atoms with E-state index in [9.17, 15) is 4.79 Å². The predicted octanol–water partition coefficient (Wildman–Crippen LogP) is 1.25. The lowest BCUT2D eigenvalue weighted by Crippen LogP contribution is -2.28. The van der Waals surface area contributed by atoms with Crippen molar-refractivity contribution in [3.63, 3.8) is 0 Å². The maximum Gasteiger partial charge on any atom is 0.248 e. The van der Waals surface area contributed by atoms with Gasteiger partial charge in [-0.05, 0) is 43.0 Å². The van der Waals surface area contributed by atoms with E-state index in [0.717, 1.165) is 13.1 Å². The number of benzene rings is 1. The van der Waals surface area contributed by atoms with Gasteiger partial charge >= 0.3 is 0 Å². The summed E-state index contributed by atoms with van der Waals surface area (Å²) >= 11 is 0. The van der Waals surface area contributed by atoms with Crippen LogP contribution in [-0.4, -0.2) is 19.0 Å². The molecule has 1 fully saturated rings. The second-order valence-electron chi connectivity index (χ2n) is 4.03. The SMILES string of the molecule is NC(=O)c1cccc([C@H]2CCCNC2)c1. The van der Waals surface area contributed by atoms with Gasteiger partial charge in [-0.15, -0.1) is 0 Å². The van der Waals surface area contributed by atoms with Gasteiger partial charge < -0.3 is 11.1 Å². The minimum atomic E-state index is -0.347. The lowest BCUT2D eigenvalue weighted by molar-refractivity contribution is 0.1000. The summed E-state index contributed by atoms with van der Waals surface area (Å²) in [4.78, 5) is 11.0. The third kappa shape index (κ3) is 2.36. The summed E-state index contributed by atoms with van der Waals surface area (Å²) in [6.07, 6.45) is 2.39. The van der Waals surface area contributed by atoms with Gasteiger partial charge in [-0.3, -0.25) is 4.79 Å². The summed E-state index contributed by atoms with van der Waals surface area (Å²) in [6, 6.07) is 7.66. The van der Waals surface area contributed by atoms with E-state index in [2.05, 4.69) is 11.4 Å². The quantitative estimate of drug-likeness (QED) is 0.761. The van der Waals surface area contributed by atoms with Crippen molar-refractivity contribution in [2.24, 2.45) is 5.73 Å². The number of amides is 1. The van der Waals surface area contributed by atoms with Crippen molar-refractivity contribution in [1.29, 1.82) is 0 Å². The fourth-order valence-electron chi connectivity index (χ4n) is 2.08. The van der Waals surface area contributed by atoms with E-state index in [1.165, 1.54) is 18.4 Å². The molecule has 0 bridgehead atoms. The van der Waals surface area contributed by atoms with Crippen molar-refractivity contribution >= 4 is 5.91 Å².